The second-order valence-corrected chi connectivity index (χ2v) is 5.18. The van der Waals surface area contributed by atoms with E-state index < -0.39 is 36.4 Å². The zero-order valence-electron chi connectivity index (χ0n) is 12.8. The van der Waals surface area contributed by atoms with Crippen LogP contribution in [0.1, 0.15) is 20.8 Å². The SMILES string of the molecule is C=C(C)C(=O)OCC1OC(C)[C@@H](NC(C)=O)[C@@H](O)C1OC. The maximum Gasteiger partial charge on any atom is 0.333 e. The van der Waals surface area contributed by atoms with Gasteiger partial charge in [0.05, 0.1) is 12.1 Å². The van der Waals surface area contributed by atoms with E-state index in [9.17, 15) is 14.7 Å². The molecule has 1 aliphatic rings. The van der Waals surface area contributed by atoms with Gasteiger partial charge < -0.3 is 24.6 Å². The number of amides is 1. The fraction of sp³-hybridized carbons (Fsp3) is 0.714. The Balaban J connectivity index is 2.73. The number of hydrogen-bond acceptors (Lipinski definition) is 6. The van der Waals surface area contributed by atoms with Gasteiger partial charge in [0.2, 0.25) is 5.91 Å². The lowest BCUT2D eigenvalue weighted by Crippen LogP contribution is -2.63. The first-order chi connectivity index (χ1) is 9.77. The number of hydrogen-bond donors (Lipinski definition) is 2. The number of esters is 1. The molecule has 0 spiro atoms. The van der Waals surface area contributed by atoms with Crippen molar-refractivity contribution in [2.75, 3.05) is 13.7 Å². The number of rotatable bonds is 5. The molecule has 120 valence electrons. The van der Waals surface area contributed by atoms with Crippen LogP contribution in [0.4, 0.5) is 0 Å². The molecule has 1 aliphatic heterocycles. The van der Waals surface area contributed by atoms with Gasteiger partial charge in [0, 0.05) is 19.6 Å². The van der Waals surface area contributed by atoms with Crippen molar-refractivity contribution < 1.29 is 28.9 Å². The molecule has 1 heterocycles. The summed E-state index contributed by atoms with van der Waals surface area (Å²) in [7, 11) is 1.42. The smallest absolute Gasteiger partial charge is 0.333 e. The Morgan fingerprint density at radius 1 is 1.38 bits per heavy atom. The molecule has 0 aromatic rings. The first kappa shape index (κ1) is 17.6. The van der Waals surface area contributed by atoms with Crippen LogP contribution in [0.2, 0.25) is 0 Å². The monoisotopic (exact) mass is 301 g/mol. The van der Waals surface area contributed by atoms with E-state index in [1.165, 1.54) is 14.0 Å². The lowest BCUT2D eigenvalue weighted by atomic mass is 9.93. The van der Waals surface area contributed by atoms with Gasteiger partial charge in [-0.05, 0) is 13.8 Å². The number of aliphatic hydroxyl groups excluding tert-OH is 1. The zero-order chi connectivity index (χ0) is 16.2. The predicted molar refractivity (Wildman–Crippen MR) is 74.5 cm³/mol. The molecule has 0 radical (unpaired) electrons. The van der Waals surface area contributed by atoms with Crippen molar-refractivity contribution in [3.05, 3.63) is 12.2 Å². The van der Waals surface area contributed by atoms with Crippen LogP contribution in [0, 0.1) is 0 Å². The fourth-order valence-corrected chi connectivity index (χ4v) is 2.28. The third-order valence-corrected chi connectivity index (χ3v) is 3.34. The van der Waals surface area contributed by atoms with Gasteiger partial charge in [-0.1, -0.05) is 6.58 Å². The summed E-state index contributed by atoms with van der Waals surface area (Å²) in [4.78, 5) is 22.6. The van der Waals surface area contributed by atoms with Gasteiger partial charge >= 0.3 is 5.97 Å². The standard InChI is InChI=1S/C14H23NO6/c1-7(2)14(18)20-6-10-13(19-5)12(17)11(8(3)21-10)15-9(4)16/h8,10-13,17H,1,6H2,2-5H3,(H,15,16)/t8?,10?,11-,12-,13?/m1/s1. The number of aliphatic hydroxyl groups is 1. The largest absolute Gasteiger partial charge is 0.459 e. The molecule has 1 saturated heterocycles. The van der Waals surface area contributed by atoms with E-state index in [1.807, 2.05) is 0 Å². The van der Waals surface area contributed by atoms with Gasteiger partial charge in [0.25, 0.3) is 0 Å². The molecule has 0 saturated carbocycles. The van der Waals surface area contributed by atoms with Gasteiger partial charge in [-0.15, -0.1) is 0 Å². The summed E-state index contributed by atoms with van der Waals surface area (Å²) in [6.45, 7) is 8.06. The molecule has 21 heavy (non-hydrogen) atoms. The summed E-state index contributed by atoms with van der Waals surface area (Å²) in [5, 5.41) is 12.9. The first-order valence-electron chi connectivity index (χ1n) is 6.74. The van der Waals surface area contributed by atoms with Crippen LogP contribution in [0.5, 0.6) is 0 Å². The highest BCUT2D eigenvalue weighted by molar-refractivity contribution is 5.86. The van der Waals surface area contributed by atoms with E-state index in [-0.39, 0.29) is 18.1 Å². The van der Waals surface area contributed by atoms with E-state index in [0.717, 1.165) is 0 Å². The maximum absolute atomic E-state index is 11.4. The van der Waals surface area contributed by atoms with Crippen molar-refractivity contribution in [3.8, 4) is 0 Å². The van der Waals surface area contributed by atoms with E-state index >= 15 is 0 Å². The van der Waals surface area contributed by atoms with Crippen LogP contribution in [-0.4, -0.2) is 61.2 Å². The van der Waals surface area contributed by atoms with Crippen LogP contribution < -0.4 is 5.32 Å². The number of methoxy groups -OCH3 is 1. The Labute approximate surface area is 124 Å². The summed E-state index contributed by atoms with van der Waals surface area (Å²) in [6, 6.07) is -0.583. The normalized spacial score (nSPS) is 32.3. The molecule has 1 amide bonds. The molecule has 2 N–H and O–H groups in total. The lowest BCUT2D eigenvalue weighted by Gasteiger charge is -2.43. The summed E-state index contributed by atoms with van der Waals surface area (Å²) in [6.07, 6.45) is -2.73. The minimum Gasteiger partial charge on any atom is -0.459 e. The van der Waals surface area contributed by atoms with Crippen molar-refractivity contribution >= 4 is 11.9 Å². The Morgan fingerprint density at radius 3 is 2.48 bits per heavy atom. The first-order valence-corrected chi connectivity index (χ1v) is 6.74. The van der Waals surface area contributed by atoms with Crippen molar-refractivity contribution in [3.63, 3.8) is 0 Å². The van der Waals surface area contributed by atoms with Crippen LogP contribution >= 0.6 is 0 Å². The molecule has 1 rings (SSSR count). The predicted octanol–water partition coefficient (Wildman–Crippen LogP) is -0.226. The Morgan fingerprint density at radius 2 is 2.00 bits per heavy atom. The molecule has 5 atom stereocenters. The molecular formula is C14H23NO6. The number of carbonyl (C=O) groups excluding carboxylic acids is 2. The highest BCUT2D eigenvalue weighted by Crippen LogP contribution is 2.23. The quantitative estimate of drug-likeness (QED) is 0.538. The summed E-state index contributed by atoms with van der Waals surface area (Å²) in [5.74, 6) is -0.795. The topological polar surface area (TPSA) is 94.1 Å². The molecule has 0 aliphatic carbocycles. The number of carbonyl (C=O) groups is 2. The van der Waals surface area contributed by atoms with Gasteiger partial charge in [-0.3, -0.25) is 4.79 Å². The van der Waals surface area contributed by atoms with Crippen LogP contribution in [-0.2, 0) is 23.8 Å². The lowest BCUT2D eigenvalue weighted by molar-refractivity contribution is -0.204. The van der Waals surface area contributed by atoms with Crippen LogP contribution in [0.15, 0.2) is 12.2 Å². The number of nitrogens with one attached hydrogen (secondary N) is 1. The summed E-state index contributed by atoms with van der Waals surface area (Å²) < 4.78 is 16.0. The van der Waals surface area contributed by atoms with Gasteiger partial charge in [-0.2, -0.15) is 0 Å². The zero-order valence-corrected chi connectivity index (χ0v) is 12.8. The molecular weight excluding hydrogens is 278 g/mol. The Kier molecular flexibility index (Phi) is 6.32. The van der Waals surface area contributed by atoms with Gasteiger partial charge in [-0.25, -0.2) is 4.79 Å². The van der Waals surface area contributed by atoms with Crippen molar-refractivity contribution in [1.29, 1.82) is 0 Å². The second kappa shape index (κ2) is 7.53. The Hall–Kier alpha value is -1.44. The molecule has 0 bridgehead atoms. The molecule has 3 unspecified atom stereocenters. The van der Waals surface area contributed by atoms with Crippen molar-refractivity contribution in [2.45, 2.75) is 51.2 Å². The second-order valence-electron chi connectivity index (χ2n) is 5.18. The third kappa shape index (κ3) is 4.52. The third-order valence-electron chi connectivity index (χ3n) is 3.34. The molecule has 7 heteroatoms. The Bertz CT molecular complexity index is 410. The van der Waals surface area contributed by atoms with Crippen molar-refractivity contribution in [1.82, 2.24) is 5.32 Å². The average Bonchev–Trinajstić information content (AvgIpc) is 2.40. The highest BCUT2D eigenvalue weighted by atomic mass is 16.6. The van der Waals surface area contributed by atoms with Gasteiger partial charge in [0.15, 0.2) is 0 Å². The summed E-state index contributed by atoms with van der Waals surface area (Å²) in [5.41, 5.74) is 0.282. The number of ether oxygens (including phenoxy) is 3. The fourth-order valence-electron chi connectivity index (χ4n) is 2.28. The minimum atomic E-state index is -0.962. The van der Waals surface area contributed by atoms with E-state index in [2.05, 4.69) is 11.9 Å². The van der Waals surface area contributed by atoms with Gasteiger partial charge in [0.1, 0.15) is 24.9 Å². The molecule has 7 nitrogen and oxygen atoms in total. The van der Waals surface area contributed by atoms with E-state index in [1.54, 1.807) is 13.8 Å². The highest BCUT2D eigenvalue weighted by Gasteiger charge is 2.44. The minimum absolute atomic E-state index is 0.0572. The maximum atomic E-state index is 11.4. The summed E-state index contributed by atoms with van der Waals surface area (Å²) >= 11 is 0. The molecule has 1 fully saturated rings. The molecule has 0 aromatic heterocycles. The van der Waals surface area contributed by atoms with E-state index in [4.69, 9.17) is 14.2 Å². The van der Waals surface area contributed by atoms with Crippen molar-refractivity contribution in [2.24, 2.45) is 0 Å². The average molecular weight is 301 g/mol. The van der Waals surface area contributed by atoms with E-state index in [0.29, 0.717) is 0 Å². The van der Waals surface area contributed by atoms with Crippen LogP contribution in [0.3, 0.4) is 0 Å². The van der Waals surface area contributed by atoms with Crippen LogP contribution in [0.25, 0.3) is 0 Å². The molecule has 0 aromatic carbocycles.